The Morgan fingerprint density at radius 2 is 1.89 bits per heavy atom. The molecule has 4 rings (SSSR count). The number of ether oxygens (including phenoxy) is 1. The Hall–Kier alpha value is -4.52. The number of nitro groups is 2. The van der Waals surface area contributed by atoms with E-state index in [2.05, 4.69) is 31.0 Å². The molecule has 0 spiro atoms. The number of benzene rings is 2. The summed E-state index contributed by atoms with van der Waals surface area (Å²) in [5, 5.41) is 27.2. The average molecular weight is 553 g/mol. The number of hydrogen-bond donors (Lipinski definition) is 0. The van der Waals surface area contributed by atoms with E-state index >= 15 is 0 Å². The van der Waals surface area contributed by atoms with E-state index in [4.69, 9.17) is 4.74 Å². The van der Waals surface area contributed by atoms with Crippen LogP contribution in [-0.2, 0) is 0 Å². The SMILES string of the molecule is CC(C)c1nc2ccc(Br)cc2c(=O)n1N=Cc1cccc([N+](=O)[O-])c1Oc1ccc([N+](=O)[O-])cn1. The molecule has 0 aliphatic carbocycles. The number of halogens is 1. The van der Waals surface area contributed by atoms with E-state index < -0.39 is 15.4 Å². The highest BCUT2D eigenvalue weighted by atomic mass is 79.9. The Kier molecular flexibility index (Phi) is 6.83. The highest BCUT2D eigenvalue weighted by Gasteiger charge is 2.21. The maximum Gasteiger partial charge on any atom is 0.312 e. The van der Waals surface area contributed by atoms with Crippen molar-refractivity contribution in [1.29, 1.82) is 0 Å². The molecule has 0 aliphatic heterocycles. The molecule has 182 valence electrons. The van der Waals surface area contributed by atoms with Crippen molar-refractivity contribution in [2.45, 2.75) is 19.8 Å². The summed E-state index contributed by atoms with van der Waals surface area (Å²) in [6.45, 7) is 3.72. The molecule has 13 heteroatoms. The van der Waals surface area contributed by atoms with Gasteiger partial charge in [-0.25, -0.2) is 9.97 Å². The van der Waals surface area contributed by atoms with Crippen LogP contribution in [0.3, 0.4) is 0 Å². The number of rotatable bonds is 7. The van der Waals surface area contributed by atoms with Gasteiger partial charge >= 0.3 is 5.69 Å². The lowest BCUT2D eigenvalue weighted by atomic mass is 10.2. The Balaban J connectivity index is 1.83. The quantitative estimate of drug-likeness (QED) is 0.172. The fraction of sp³-hybridized carbons (Fsp3) is 0.130. The van der Waals surface area contributed by atoms with Gasteiger partial charge in [-0.2, -0.15) is 9.78 Å². The zero-order valence-electron chi connectivity index (χ0n) is 18.9. The van der Waals surface area contributed by atoms with Crippen LogP contribution >= 0.6 is 15.9 Å². The molecule has 0 saturated carbocycles. The molecule has 0 atom stereocenters. The van der Waals surface area contributed by atoms with Gasteiger partial charge in [0.05, 0.1) is 27.0 Å². The second-order valence-electron chi connectivity index (χ2n) is 7.81. The molecule has 12 nitrogen and oxygen atoms in total. The molecular weight excluding hydrogens is 536 g/mol. The minimum Gasteiger partial charge on any atom is -0.431 e. The first-order valence-corrected chi connectivity index (χ1v) is 11.3. The highest BCUT2D eigenvalue weighted by molar-refractivity contribution is 9.10. The molecule has 0 aliphatic rings. The van der Waals surface area contributed by atoms with Crippen molar-refractivity contribution in [2.24, 2.45) is 5.10 Å². The second kappa shape index (κ2) is 10.00. The standard InChI is InChI=1S/C23H17BrN6O6/c1-13(2)22-27-18-8-6-15(24)10-17(18)23(31)28(22)26-11-14-4-3-5-19(30(34)35)21(14)36-20-9-7-16(12-25-20)29(32)33/h3-13H,1-2H3. The molecule has 0 bridgehead atoms. The average Bonchev–Trinajstić information content (AvgIpc) is 2.84. The number of fused-ring (bicyclic) bond motifs is 1. The van der Waals surface area contributed by atoms with Crippen molar-refractivity contribution in [3.05, 3.63) is 101 Å². The number of hydrogen-bond acceptors (Lipinski definition) is 9. The van der Waals surface area contributed by atoms with Crippen LogP contribution in [0.1, 0.15) is 31.2 Å². The van der Waals surface area contributed by atoms with Crippen LogP contribution in [-0.4, -0.2) is 30.7 Å². The summed E-state index contributed by atoms with van der Waals surface area (Å²) in [6.07, 6.45) is 2.23. The zero-order valence-corrected chi connectivity index (χ0v) is 20.4. The van der Waals surface area contributed by atoms with Gasteiger partial charge in [0.15, 0.2) is 0 Å². The Morgan fingerprint density at radius 3 is 2.53 bits per heavy atom. The van der Waals surface area contributed by atoms with E-state index in [0.29, 0.717) is 21.2 Å². The minimum absolute atomic E-state index is 0.0955. The Labute approximate surface area is 211 Å². The van der Waals surface area contributed by atoms with Crippen LogP contribution in [0.15, 0.2) is 69.1 Å². The van der Waals surface area contributed by atoms with Gasteiger partial charge in [-0.3, -0.25) is 25.0 Å². The second-order valence-corrected chi connectivity index (χ2v) is 8.73. The van der Waals surface area contributed by atoms with Crippen LogP contribution < -0.4 is 10.3 Å². The van der Waals surface area contributed by atoms with E-state index in [0.717, 1.165) is 16.9 Å². The van der Waals surface area contributed by atoms with Gasteiger partial charge in [0.25, 0.3) is 11.2 Å². The van der Waals surface area contributed by atoms with Gasteiger partial charge in [-0.1, -0.05) is 35.8 Å². The fourth-order valence-electron chi connectivity index (χ4n) is 3.32. The minimum atomic E-state index is -0.640. The van der Waals surface area contributed by atoms with Crippen LogP contribution in [0.5, 0.6) is 11.6 Å². The molecule has 2 aromatic heterocycles. The first-order chi connectivity index (χ1) is 17.2. The van der Waals surface area contributed by atoms with Gasteiger partial charge in [-0.15, -0.1) is 0 Å². The molecule has 36 heavy (non-hydrogen) atoms. The van der Waals surface area contributed by atoms with Crippen molar-refractivity contribution < 1.29 is 14.6 Å². The Bertz CT molecular complexity index is 1580. The van der Waals surface area contributed by atoms with Gasteiger partial charge in [0.1, 0.15) is 12.0 Å². The molecule has 4 aromatic rings. The van der Waals surface area contributed by atoms with Crippen molar-refractivity contribution in [2.75, 3.05) is 0 Å². The molecule has 0 N–H and O–H groups in total. The lowest BCUT2D eigenvalue weighted by Gasteiger charge is -2.12. The maximum atomic E-state index is 13.2. The lowest BCUT2D eigenvalue weighted by molar-refractivity contribution is -0.385. The summed E-state index contributed by atoms with van der Waals surface area (Å²) >= 11 is 3.35. The predicted octanol–water partition coefficient (Wildman–Crippen LogP) is 5.17. The number of aromatic nitrogens is 3. The summed E-state index contributed by atoms with van der Waals surface area (Å²) < 4.78 is 7.49. The van der Waals surface area contributed by atoms with E-state index in [-0.39, 0.29) is 34.5 Å². The number of para-hydroxylation sites is 1. The van der Waals surface area contributed by atoms with Gasteiger partial charge < -0.3 is 4.74 Å². The first kappa shape index (κ1) is 24.6. The third kappa shape index (κ3) is 4.95. The number of nitro benzene ring substituents is 1. The summed E-state index contributed by atoms with van der Waals surface area (Å²) in [5.74, 6) is -0.0471. The highest BCUT2D eigenvalue weighted by Crippen LogP contribution is 2.34. The summed E-state index contributed by atoms with van der Waals surface area (Å²) in [6, 6.07) is 11.7. The number of nitrogens with zero attached hydrogens (tertiary/aromatic N) is 6. The first-order valence-electron chi connectivity index (χ1n) is 10.5. The van der Waals surface area contributed by atoms with E-state index in [1.807, 2.05) is 13.8 Å². The lowest BCUT2D eigenvalue weighted by Crippen LogP contribution is -2.23. The van der Waals surface area contributed by atoms with Crippen LogP contribution in [0.25, 0.3) is 10.9 Å². The molecule has 0 saturated heterocycles. The van der Waals surface area contributed by atoms with Crippen LogP contribution in [0, 0.1) is 20.2 Å². The predicted molar refractivity (Wildman–Crippen MR) is 135 cm³/mol. The van der Waals surface area contributed by atoms with Gasteiger partial charge in [-0.05, 0) is 24.3 Å². The van der Waals surface area contributed by atoms with Crippen molar-refractivity contribution in [3.63, 3.8) is 0 Å². The summed E-state index contributed by atoms with van der Waals surface area (Å²) in [4.78, 5) is 42.9. The zero-order chi connectivity index (χ0) is 26.0. The van der Waals surface area contributed by atoms with Gasteiger partial charge in [0.2, 0.25) is 11.6 Å². The third-order valence-corrected chi connectivity index (χ3v) is 5.51. The Morgan fingerprint density at radius 1 is 1.11 bits per heavy atom. The molecule has 0 amide bonds. The van der Waals surface area contributed by atoms with Crippen LogP contribution in [0.2, 0.25) is 0 Å². The van der Waals surface area contributed by atoms with E-state index in [9.17, 15) is 25.0 Å². The largest absolute Gasteiger partial charge is 0.431 e. The molecule has 0 radical (unpaired) electrons. The molecule has 2 heterocycles. The smallest absolute Gasteiger partial charge is 0.312 e. The maximum absolute atomic E-state index is 13.2. The molecular formula is C23H17BrN6O6. The normalized spacial score (nSPS) is 11.3. The number of pyridine rings is 1. The van der Waals surface area contributed by atoms with E-state index in [1.54, 1.807) is 18.2 Å². The van der Waals surface area contributed by atoms with Crippen molar-refractivity contribution in [3.8, 4) is 11.6 Å². The molecule has 0 unspecified atom stereocenters. The monoisotopic (exact) mass is 552 g/mol. The van der Waals surface area contributed by atoms with Crippen LogP contribution in [0.4, 0.5) is 11.4 Å². The summed E-state index contributed by atoms with van der Waals surface area (Å²) in [7, 11) is 0. The summed E-state index contributed by atoms with van der Waals surface area (Å²) in [5.41, 5.74) is -0.354. The fourth-order valence-corrected chi connectivity index (χ4v) is 3.68. The molecule has 0 fully saturated rings. The van der Waals surface area contributed by atoms with Gasteiger partial charge in [0, 0.05) is 34.2 Å². The van der Waals surface area contributed by atoms with E-state index in [1.165, 1.54) is 30.5 Å². The van der Waals surface area contributed by atoms with Crippen molar-refractivity contribution in [1.82, 2.24) is 14.6 Å². The topological polar surface area (TPSA) is 156 Å². The molecule has 2 aromatic carbocycles. The third-order valence-electron chi connectivity index (χ3n) is 5.02. The van der Waals surface area contributed by atoms with Crippen molar-refractivity contribution >= 4 is 44.4 Å².